The van der Waals surface area contributed by atoms with E-state index in [4.69, 9.17) is 46.4 Å². The standard InChI is InChI=1S/C12H14Cl4N2O2/c13-6-8-4-9(3-7(8)5-12(14,15)16)18-2-1-10(19)17-11(18)20/h1-2,7-9H,3-6H2,(H,17,19,20)/t7-,8+,9?/m1/s1. The first-order valence-corrected chi connectivity index (χ1v) is 7.91. The quantitative estimate of drug-likeness (QED) is 0.843. The Morgan fingerprint density at radius 1 is 1.25 bits per heavy atom. The summed E-state index contributed by atoms with van der Waals surface area (Å²) in [7, 11) is 0. The second-order valence-electron chi connectivity index (χ2n) is 5.14. The Morgan fingerprint density at radius 3 is 2.45 bits per heavy atom. The summed E-state index contributed by atoms with van der Waals surface area (Å²) in [4.78, 5) is 25.1. The van der Waals surface area contributed by atoms with Crippen LogP contribution in [-0.2, 0) is 0 Å². The van der Waals surface area contributed by atoms with Gasteiger partial charge >= 0.3 is 5.69 Å². The topological polar surface area (TPSA) is 54.9 Å². The van der Waals surface area contributed by atoms with Gasteiger partial charge in [0.15, 0.2) is 3.79 Å². The lowest BCUT2D eigenvalue weighted by Gasteiger charge is -2.21. The molecule has 1 aliphatic carbocycles. The number of rotatable bonds is 3. The predicted octanol–water partition coefficient (Wildman–Crippen LogP) is 3.10. The predicted molar refractivity (Wildman–Crippen MR) is 82.2 cm³/mol. The van der Waals surface area contributed by atoms with E-state index in [1.54, 1.807) is 0 Å². The fourth-order valence-electron chi connectivity index (χ4n) is 2.86. The zero-order valence-electron chi connectivity index (χ0n) is 10.5. The van der Waals surface area contributed by atoms with Crippen molar-refractivity contribution < 1.29 is 0 Å². The summed E-state index contributed by atoms with van der Waals surface area (Å²) in [6.07, 6.45) is 3.36. The molecule has 1 saturated carbocycles. The maximum Gasteiger partial charge on any atom is 0.328 e. The van der Waals surface area contributed by atoms with Gasteiger partial charge in [0, 0.05) is 24.2 Å². The van der Waals surface area contributed by atoms with Crippen molar-refractivity contribution >= 4 is 46.4 Å². The van der Waals surface area contributed by atoms with Crippen LogP contribution in [0.1, 0.15) is 25.3 Å². The number of nitrogens with zero attached hydrogens (tertiary/aromatic N) is 1. The van der Waals surface area contributed by atoms with Crippen molar-refractivity contribution in [2.45, 2.75) is 29.1 Å². The molecule has 0 aliphatic heterocycles. The van der Waals surface area contributed by atoms with E-state index >= 15 is 0 Å². The van der Waals surface area contributed by atoms with Crippen LogP contribution in [0.25, 0.3) is 0 Å². The molecule has 1 N–H and O–H groups in total. The molecule has 0 radical (unpaired) electrons. The molecule has 3 atom stereocenters. The molecule has 8 heteroatoms. The minimum absolute atomic E-state index is 0.0274. The van der Waals surface area contributed by atoms with E-state index in [1.807, 2.05) is 0 Å². The van der Waals surface area contributed by atoms with Crippen molar-refractivity contribution in [3.63, 3.8) is 0 Å². The second-order valence-corrected chi connectivity index (χ2v) is 7.96. The minimum atomic E-state index is -1.32. The minimum Gasteiger partial charge on any atom is -0.298 e. The molecule has 1 unspecified atom stereocenters. The summed E-state index contributed by atoms with van der Waals surface area (Å²) in [5.74, 6) is 0.792. The van der Waals surface area contributed by atoms with E-state index in [0.29, 0.717) is 18.7 Å². The maximum absolute atomic E-state index is 11.8. The van der Waals surface area contributed by atoms with Gasteiger partial charge in [-0.1, -0.05) is 34.8 Å². The van der Waals surface area contributed by atoms with Gasteiger partial charge in [0.1, 0.15) is 0 Å². The molecule has 1 fully saturated rings. The highest BCUT2D eigenvalue weighted by atomic mass is 35.6. The van der Waals surface area contributed by atoms with Crippen LogP contribution in [0.15, 0.2) is 21.9 Å². The third-order valence-electron chi connectivity index (χ3n) is 3.75. The largest absolute Gasteiger partial charge is 0.328 e. The molecule has 4 nitrogen and oxygen atoms in total. The van der Waals surface area contributed by atoms with E-state index in [1.165, 1.54) is 16.8 Å². The van der Waals surface area contributed by atoms with Crippen LogP contribution in [0, 0.1) is 11.8 Å². The fraction of sp³-hybridized carbons (Fsp3) is 0.667. The third kappa shape index (κ3) is 3.94. The van der Waals surface area contributed by atoms with Crippen LogP contribution in [0.4, 0.5) is 0 Å². The Kier molecular flexibility index (Phi) is 5.11. The summed E-state index contributed by atoms with van der Waals surface area (Å²) in [5.41, 5.74) is -0.818. The summed E-state index contributed by atoms with van der Waals surface area (Å²) in [6.45, 7) is 0. The summed E-state index contributed by atoms with van der Waals surface area (Å²) >= 11 is 23.5. The summed E-state index contributed by atoms with van der Waals surface area (Å²) < 4.78 is 0.207. The molecule has 0 aromatic carbocycles. The van der Waals surface area contributed by atoms with Gasteiger partial charge in [-0.3, -0.25) is 14.3 Å². The molecule has 0 amide bonds. The zero-order chi connectivity index (χ0) is 14.9. The Hall–Kier alpha value is -0.160. The van der Waals surface area contributed by atoms with Crippen LogP contribution < -0.4 is 11.2 Å². The van der Waals surface area contributed by atoms with Crippen molar-refractivity contribution in [3.8, 4) is 0 Å². The molecule has 2 rings (SSSR count). The molecular formula is C12H14Cl4N2O2. The monoisotopic (exact) mass is 358 g/mol. The van der Waals surface area contributed by atoms with Gasteiger partial charge in [-0.05, 0) is 31.1 Å². The maximum atomic E-state index is 11.8. The highest BCUT2D eigenvalue weighted by molar-refractivity contribution is 6.67. The second kappa shape index (κ2) is 6.30. The molecule has 1 aromatic heterocycles. The van der Waals surface area contributed by atoms with Crippen molar-refractivity contribution in [3.05, 3.63) is 33.1 Å². The third-order valence-corrected chi connectivity index (χ3v) is 4.61. The van der Waals surface area contributed by atoms with Gasteiger partial charge < -0.3 is 0 Å². The number of H-pyrrole nitrogens is 1. The Labute approximate surface area is 136 Å². The van der Waals surface area contributed by atoms with Crippen molar-refractivity contribution in [2.75, 3.05) is 5.88 Å². The first-order valence-electron chi connectivity index (χ1n) is 6.24. The van der Waals surface area contributed by atoms with Crippen molar-refractivity contribution in [1.29, 1.82) is 0 Å². The van der Waals surface area contributed by atoms with E-state index < -0.39 is 15.0 Å². The van der Waals surface area contributed by atoms with Gasteiger partial charge in [-0.25, -0.2) is 4.79 Å². The average molecular weight is 360 g/mol. The summed E-state index contributed by atoms with van der Waals surface area (Å²) in [5, 5.41) is 0. The molecule has 1 aromatic rings. The lowest BCUT2D eigenvalue weighted by molar-refractivity contribution is 0.397. The Bertz CT molecular complexity index is 578. The fourth-order valence-corrected chi connectivity index (χ4v) is 3.83. The van der Waals surface area contributed by atoms with Crippen LogP contribution in [0.3, 0.4) is 0 Å². The highest BCUT2D eigenvalue weighted by Gasteiger charge is 2.39. The SMILES string of the molecule is O=c1ccn(C2C[C@@H](CCl)[C@@H](CC(Cl)(Cl)Cl)C2)c(=O)[nH]1. The lowest BCUT2D eigenvalue weighted by atomic mass is 9.95. The number of hydrogen-bond acceptors (Lipinski definition) is 2. The average Bonchev–Trinajstić information content (AvgIpc) is 2.69. The van der Waals surface area contributed by atoms with Gasteiger partial charge in [0.05, 0.1) is 0 Å². The van der Waals surface area contributed by atoms with Gasteiger partial charge in [-0.2, -0.15) is 0 Å². The molecular weight excluding hydrogens is 346 g/mol. The highest BCUT2D eigenvalue weighted by Crippen LogP contribution is 2.46. The number of nitrogens with one attached hydrogen (secondary N) is 1. The molecule has 0 saturated heterocycles. The zero-order valence-corrected chi connectivity index (χ0v) is 13.5. The number of alkyl halides is 4. The van der Waals surface area contributed by atoms with Crippen molar-refractivity contribution in [2.24, 2.45) is 11.8 Å². The Morgan fingerprint density at radius 2 is 1.90 bits per heavy atom. The molecule has 112 valence electrons. The normalized spacial score (nSPS) is 26.9. The van der Waals surface area contributed by atoms with Crippen molar-refractivity contribution in [1.82, 2.24) is 9.55 Å². The van der Waals surface area contributed by atoms with E-state index in [9.17, 15) is 9.59 Å². The molecule has 0 spiro atoms. The number of halogens is 4. The smallest absolute Gasteiger partial charge is 0.298 e. The van der Waals surface area contributed by atoms with E-state index in [2.05, 4.69) is 4.98 Å². The van der Waals surface area contributed by atoms with Crippen LogP contribution in [0.2, 0.25) is 0 Å². The van der Waals surface area contributed by atoms with Gasteiger partial charge in [0.25, 0.3) is 5.56 Å². The van der Waals surface area contributed by atoms with Gasteiger partial charge in [-0.15, -0.1) is 11.6 Å². The van der Waals surface area contributed by atoms with Crippen LogP contribution in [0.5, 0.6) is 0 Å². The first-order chi connectivity index (χ1) is 9.30. The van der Waals surface area contributed by atoms with Gasteiger partial charge in [0.2, 0.25) is 0 Å². The first kappa shape index (κ1) is 16.2. The van der Waals surface area contributed by atoms with Crippen LogP contribution in [-0.4, -0.2) is 19.2 Å². The van der Waals surface area contributed by atoms with E-state index in [0.717, 1.165) is 6.42 Å². The van der Waals surface area contributed by atoms with E-state index in [-0.39, 0.29) is 17.9 Å². The lowest BCUT2D eigenvalue weighted by Crippen LogP contribution is -2.30. The Balaban J connectivity index is 2.20. The number of aromatic nitrogens is 2. The number of hydrogen-bond donors (Lipinski definition) is 1. The molecule has 1 heterocycles. The molecule has 20 heavy (non-hydrogen) atoms. The number of aromatic amines is 1. The summed E-state index contributed by atoms with van der Waals surface area (Å²) in [6, 6.07) is 1.31. The molecule has 1 aliphatic rings. The van der Waals surface area contributed by atoms with Crippen LogP contribution >= 0.6 is 46.4 Å². The molecule has 0 bridgehead atoms.